The predicted octanol–water partition coefficient (Wildman–Crippen LogP) is 2.04. The zero-order valence-corrected chi connectivity index (χ0v) is 9.43. The van der Waals surface area contributed by atoms with Crippen molar-refractivity contribution in [1.29, 1.82) is 0 Å². The lowest BCUT2D eigenvalue weighted by atomic mass is 10.3. The van der Waals surface area contributed by atoms with Crippen molar-refractivity contribution in [3.05, 3.63) is 55.1 Å². The molecule has 18 heavy (non-hydrogen) atoms. The fourth-order valence-corrected chi connectivity index (χ4v) is 2.01. The molecule has 0 spiro atoms. The van der Waals surface area contributed by atoms with E-state index >= 15 is 0 Å². The molecule has 0 bridgehead atoms. The van der Waals surface area contributed by atoms with Gasteiger partial charge >= 0.3 is 0 Å². The van der Waals surface area contributed by atoms with Crippen molar-refractivity contribution >= 4 is 11.3 Å². The van der Waals surface area contributed by atoms with Crippen molar-refractivity contribution in [2.45, 2.75) is 0 Å². The SMILES string of the molecule is c1ccn2cc(-c3ccc4nccn4n3)nc2c1. The molecule has 4 heterocycles. The van der Waals surface area contributed by atoms with E-state index in [4.69, 9.17) is 0 Å². The normalized spacial score (nSPS) is 11.3. The third-order valence-electron chi connectivity index (χ3n) is 2.88. The van der Waals surface area contributed by atoms with Gasteiger partial charge in [0.25, 0.3) is 0 Å². The minimum absolute atomic E-state index is 0.836. The Morgan fingerprint density at radius 1 is 0.889 bits per heavy atom. The van der Waals surface area contributed by atoms with Gasteiger partial charge in [-0.25, -0.2) is 14.5 Å². The van der Waals surface area contributed by atoms with Gasteiger partial charge in [0.05, 0.1) is 0 Å². The quantitative estimate of drug-likeness (QED) is 0.507. The topological polar surface area (TPSA) is 47.5 Å². The van der Waals surface area contributed by atoms with Crippen LogP contribution >= 0.6 is 0 Å². The van der Waals surface area contributed by atoms with Crippen molar-refractivity contribution < 1.29 is 0 Å². The molecule has 0 aliphatic heterocycles. The molecule has 5 heteroatoms. The van der Waals surface area contributed by atoms with Gasteiger partial charge in [-0.2, -0.15) is 5.10 Å². The molecule has 0 aromatic carbocycles. The molecular weight excluding hydrogens is 226 g/mol. The van der Waals surface area contributed by atoms with Gasteiger partial charge in [0.1, 0.15) is 17.0 Å². The molecule has 4 rings (SSSR count). The van der Waals surface area contributed by atoms with E-state index in [-0.39, 0.29) is 0 Å². The fraction of sp³-hybridized carbons (Fsp3) is 0. The number of fused-ring (bicyclic) bond motifs is 2. The maximum atomic E-state index is 4.54. The van der Waals surface area contributed by atoms with Crippen LogP contribution < -0.4 is 0 Å². The lowest BCUT2D eigenvalue weighted by molar-refractivity contribution is 0.939. The Morgan fingerprint density at radius 2 is 1.89 bits per heavy atom. The first-order chi connectivity index (χ1) is 8.90. The molecule has 0 N–H and O–H groups in total. The van der Waals surface area contributed by atoms with E-state index in [2.05, 4.69) is 15.1 Å². The Morgan fingerprint density at radius 3 is 2.83 bits per heavy atom. The first kappa shape index (κ1) is 9.35. The van der Waals surface area contributed by atoms with Crippen LogP contribution in [0.3, 0.4) is 0 Å². The summed E-state index contributed by atoms with van der Waals surface area (Å²) in [5.41, 5.74) is 3.45. The van der Waals surface area contributed by atoms with Crippen molar-refractivity contribution in [3.8, 4) is 11.4 Å². The van der Waals surface area contributed by atoms with Gasteiger partial charge in [-0.05, 0) is 24.3 Å². The number of pyridine rings is 1. The monoisotopic (exact) mass is 235 g/mol. The van der Waals surface area contributed by atoms with Gasteiger partial charge in [-0.3, -0.25) is 0 Å². The zero-order valence-electron chi connectivity index (χ0n) is 9.43. The molecule has 86 valence electrons. The van der Waals surface area contributed by atoms with Crippen LogP contribution in [0.4, 0.5) is 0 Å². The summed E-state index contributed by atoms with van der Waals surface area (Å²) in [6.45, 7) is 0. The van der Waals surface area contributed by atoms with E-state index < -0.39 is 0 Å². The smallest absolute Gasteiger partial charge is 0.153 e. The van der Waals surface area contributed by atoms with Crippen LogP contribution in [0.15, 0.2) is 55.1 Å². The molecule has 4 aromatic rings. The molecule has 0 fully saturated rings. The second-order valence-corrected chi connectivity index (χ2v) is 4.04. The fourth-order valence-electron chi connectivity index (χ4n) is 2.01. The van der Waals surface area contributed by atoms with Crippen LogP contribution in [0.1, 0.15) is 0 Å². The van der Waals surface area contributed by atoms with Gasteiger partial charge in [-0.1, -0.05) is 6.07 Å². The second-order valence-electron chi connectivity index (χ2n) is 4.04. The molecule has 0 saturated carbocycles. The highest BCUT2D eigenvalue weighted by Gasteiger charge is 2.06. The number of rotatable bonds is 1. The molecule has 0 aliphatic carbocycles. The molecule has 0 saturated heterocycles. The zero-order chi connectivity index (χ0) is 11.9. The van der Waals surface area contributed by atoms with E-state index in [0.29, 0.717) is 0 Å². The van der Waals surface area contributed by atoms with Crippen LogP contribution in [0.2, 0.25) is 0 Å². The molecule has 5 nitrogen and oxygen atoms in total. The summed E-state index contributed by atoms with van der Waals surface area (Å²) in [5.74, 6) is 0. The van der Waals surface area contributed by atoms with Crippen LogP contribution in [0.5, 0.6) is 0 Å². The highest BCUT2D eigenvalue weighted by atomic mass is 15.2. The Labute approximate surface area is 102 Å². The summed E-state index contributed by atoms with van der Waals surface area (Å²) in [6, 6.07) is 9.79. The third-order valence-corrected chi connectivity index (χ3v) is 2.88. The number of hydrogen-bond donors (Lipinski definition) is 0. The lowest BCUT2D eigenvalue weighted by Gasteiger charge is -1.96. The molecule has 0 atom stereocenters. The first-order valence-electron chi connectivity index (χ1n) is 5.65. The van der Waals surface area contributed by atoms with Gasteiger partial charge in [0, 0.05) is 24.8 Å². The van der Waals surface area contributed by atoms with Gasteiger partial charge in [0.15, 0.2) is 5.65 Å². The summed E-state index contributed by atoms with van der Waals surface area (Å²) in [4.78, 5) is 8.71. The average Bonchev–Trinajstić information content (AvgIpc) is 3.04. The van der Waals surface area contributed by atoms with Crippen molar-refractivity contribution in [3.63, 3.8) is 0 Å². The standard InChI is InChI=1S/C13H9N5/c1-2-7-17-9-11(15-13(17)3-1)10-4-5-12-14-6-8-18(12)16-10/h1-9H. The molecule has 0 unspecified atom stereocenters. The third kappa shape index (κ3) is 1.31. The maximum Gasteiger partial charge on any atom is 0.153 e. The van der Waals surface area contributed by atoms with E-state index in [0.717, 1.165) is 22.7 Å². The average molecular weight is 235 g/mol. The molecule has 0 aliphatic rings. The Bertz CT molecular complexity index is 809. The van der Waals surface area contributed by atoms with E-state index in [9.17, 15) is 0 Å². The number of nitrogens with zero attached hydrogens (tertiary/aromatic N) is 5. The van der Waals surface area contributed by atoms with Crippen molar-refractivity contribution in [2.24, 2.45) is 0 Å². The molecule has 0 amide bonds. The Hall–Kier alpha value is -2.69. The highest BCUT2D eigenvalue weighted by Crippen LogP contribution is 2.16. The van der Waals surface area contributed by atoms with Crippen LogP contribution in [0, 0.1) is 0 Å². The van der Waals surface area contributed by atoms with Gasteiger partial charge in [-0.15, -0.1) is 0 Å². The first-order valence-corrected chi connectivity index (χ1v) is 5.65. The van der Waals surface area contributed by atoms with E-state index in [1.54, 1.807) is 10.7 Å². The minimum atomic E-state index is 0.836. The Kier molecular flexibility index (Phi) is 1.77. The van der Waals surface area contributed by atoms with Crippen molar-refractivity contribution in [2.75, 3.05) is 0 Å². The molecule has 4 aromatic heterocycles. The van der Waals surface area contributed by atoms with E-state index in [1.165, 1.54) is 0 Å². The molecular formula is C13H9N5. The van der Waals surface area contributed by atoms with Crippen LogP contribution in [-0.4, -0.2) is 24.0 Å². The summed E-state index contributed by atoms with van der Waals surface area (Å²) < 4.78 is 3.73. The number of aromatic nitrogens is 5. The lowest BCUT2D eigenvalue weighted by Crippen LogP contribution is -1.92. The van der Waals surface area contributed by atoms with Crippen molar-refractivity contribution in [1.82, 2.24) is 24.0 Å². The summed E-state index contributed by atoms with van der Waals surface area (Å²) >= 11 is 0. The second kappa shape index (κ2) is 3.40. The largest absolute Gasteiger partial charge is 0.306 e. The molecule has 0 radical (unpaired) electrons. The maximum absolute atomic E-state index is 4.54. The highest BCUT2D eigenvalue weighted by molar-refractivity contribution is 5.59. The predicted molar refractivity (Wildman–Crippen MR) is 67.2 cm³/mol. The van der Waals surface area contributed by atoms with Gasteiger partial charge < -0.3 is 4.40 Å². The summed E-state index contributed by atoms with van der Waals surface area (Å²) in [7, 11) is 0. The minimum Gasteiger partial charge on any atom is -0.306 e. The number of hydrogen-bond acceptors (Lipinski definition) is 3. The summed E-state index contributed by atoms with van der Waals surface area (Å²) in [6.07, 6.45) is 7.51. The van der Waals surface area contributed by atoms with Crippen LogP contribution in [0.25, 0.3) is 22.7 Å². The number of imidazole rings is 2. The van der Waals surface area contributed by atoms with Gasteiger partial charge in [0.2, 0.25) is 0 Å². The Balaban J connectivity index is 1.94. The van der Waals surface area contributed by atoms with E-state index in [1.807, 2.05) is 53.3 Å². The van der Waals surface area contributed by atoms with Crippen LogP contribution in [-0.2, 0) is 0 Å². The summed E-state index contributed by atoms with van der Waals surface area (Å²) in [5, 5.41) is 4.48.